The zero-order chi connectivity index (χ0) is 22.8. The predicted octanol–water partition coefficient (Wildman–Crippen LogP) is 3.23. The number of unbranched alkanes of at least 4 members (excludes halogenated alkanes) is 3. The molecule has 0 aliphatic carbocycles. The molecule has 0 aromatic heterocycles. The van der Waals surface area contributed by atoms with E-state index in [1.807, 2.05) is 0 Å². The number of rotatable bonds is 11. The third-order valence-electron chi connectivity index (χ3n) is 4.09. The first-order chi connectivity index (χ1) is 14.0. The molecule has 0 saturated carbocycles. The Kier molecular flexibility index (Phi) is 9.29. The third kappa shape index (κ3) is 8.10. The summed E-state index contributed by atoms with van der Waals surface area (Å²) in [6.07, 6.45) is 1.06. The molecule has 1 rings (SSSR count). The zero-order valence-electron chi connectivity index (χ0n) is 17.5. The number of amides is 1. The SMILES string of the molecule is CC(C)(C)OC(=O)NCCCCCCC(OC(=O)c1ccccc1)(C(=O)O)C(=O)O. The van der Waals surface area contributed by atoms with Gasteiger partial charge in [-0.3, -0.25) is 0 Å². The van der Waals surface area contributed by atoms with Gasteiger partial charge in [0.25, 0.3) is 0 Å². The Morgan fingerprint density at radius 3 is 1.97 bits per heavy atom. The summed E-state index contributed by atoms with van der Waals surface area (Å²) >= 11 is 0. The molecule has 0 aliphatic rings. The highest BCUT2D eigenvalue weighted by Crippen LogP contribution is 2.23. The van der Waals surface area contributed by atoms with E-state index in [-0.39, 0.29) is 18.4 Å². The molecule has 0 bridgehead atoms. The van der Waals surface area contributed by atoms with Gasteiger partial charge < -0.3 is 25.0 Å². The molecule has 0 spiro atoms. The van der Waals surface area contributed by atoms with Gasteiger partial charge in [0.1, 0.15) is 5.60 Å². The van der Waals surface area contributed by atoms with Crippen LogP contribution in [0.25, 0.3) is 0 Å². The number of carbonyl (C=O) groups is 4. The quantitative estimate of drug-likeness (QED) is 0.280. The van der Waals surface area contributed by atoms with E-state index in [0.717, 1.165) is 0 Å². The number of ether oxygens (including phenoxy) is 2. The highest BCUT2D eigenvalue weighted by Gasteiger charge is 2.50. The van der Waals surface area contributed by atoms with E-state index in [4.69, 9.17) is 9.47 Å². The topological polar surface area (TPSA) is 139 Å². The standard InChI is InChI=1S/C21H29NO8/c1-20(2,3)30-19(28)22-14-10-5-4-9-13-21(17(24)25,18(26)27)29-16(23)15-11-7-6-8-12-15/h6-8,11-12H,4-5,9-10,13-14H2,1-3H3,(H,22,28)(H,24,25)(H,26,27). The first-order valence-electron chi connectivity index (χ1n) is 9.70. The van der Waals surface area contributed by atoms with Crippen molar-refractivity contribution in [3.05, 3.63) is 35.9 Å². The van der Waals surface area contributed by atoms with Crippen LogP contribution in [0.1, 0.15) is 63.2 Å². The Morgan fingerprint density at radius 1 is 0.867 bits per heavy atom. The van der Waals surface area contributed by atoms with Gasteiger partial charge in [-0.2, -0.15) is 0 Å². The van der Waals surface area contributed by atoms with E-state index in [1.54, 1.807) is 39.0 Å². The van der Waals surface area contributed by atoms with Crippen molar-refractivity contribution in [2.24, 2.45) is 0 Å². The molecule has 9 heteroatoms. The van der Waals surface area contributed by atoms with Crippen molar-refractivity contribution in [2.45, 2.75) is 64.1 Å². The van der Waals surface area contributed by atoms with Crippen molar-refractivity contribution in [1.29, 1.82) is 0 Å². The highest BCUT2D eigenvalue weighted by molar-refractivity contribution is 6.05. The van der Waals surface area contributed by atoms with E-state index >= 15 is 0 Å². The Hall–Kier alpha value is -3.10. The van der Waals surface area contributed by atoms with Crippen LogP contribution < -0.4 is 5.32 Å². The number of benzene rings is 1. The van der Waals surface area contributed by atoms with Crippen LogP contribution in [0.15, 0.2) is 30.3 Å². The van der Waals surface area contributed by atoms with Gasteiger partial charge in [0.2, 0.25) is 0 Å². The summed E-state index contributed by atoms with van der Waals surface area (Å²) in [5, 5.41) is 21.5. The van der Waals surface area contributed by atoms with Gasteiger partial charge in [0.15, 0.2) is 0 Å². The highest BCUT2D eigenvalue weighted by atomic mass is 16.6. The van der Waals surface area contributed by atoms with E-state index in [1.165, 1.54) is 12.1 Å². The molecular weight excluding hydrogens is 394 g/mol. The molecular formula is C21H29NO8. The van der Waals surface area contributed by atoms with Crippen molar-refractivity contribution in [2.75, 3.05) is 6.54 Å². The van der Waals surface area contributed by atoms with Crippen LogP contribution in [0.3, 0.4) is 0 Å². The lowest BCUT2D eigenvalue weighted by Crippen LogP contribution is -2.50. The Balaban J connectivity index is 2.52. The molecule has 30 heavy (non-hydrogen) atoms. The van der Waals surface area contributed by atoms with Crippen LogP contribution >= 0.6 is 0 Å². The molecule has 9 nitrogen and oxygen atoms in total. The number of hydrogen-bond acceptors (Lipinski definition) is 6. The second kappa shape index (κ2) is 11.2. The lowest BCUT2D eigenvalue weighted by molar-refractivity contribution is -0.177. The number of alkyl carbamates (subject to hydrolysis) is 1. The summed E-state index contributed by atoms with van der Waals surface area (Å²) in [6.45, 7) is 5.65. The molecule has 0 unspecified atom stereocenters. The summed E-state index contributed by atoms with van der Waals surface area (Å²) in [5.41, 5.74) is -3.17. The minimum absolute atomic E-state index is 0.0672. The first kappa shape index (κ1) is 24.9. The minimum atomic E-state index is -2.65. The number of aliphatic carboxylic acids is 2. The number of carboxylic acid groups (broad SMARTS) is 2. The van der Waals surface area contributed by atoms with Crippen LogP contribution in [0, 0.1) is 0 Å². The van der Waals surface area contributed by atoms with Gasteiger partial charge in [-0.05, 0) is 45.7 Å². The number of carbonyl (C=O) groups excluding carboxylic acids is 2. The smallest absolute Gasteiger partial charge is 0.407 e. The van der Waals surface area contributed by atoms with Gasteiger partial charge in [0, 0.05) is 13.0 Å². The summed E-state index contributed by atoms with van der Waals surface area (Å²) in [7, 11) is 0. The molecule has 1 aromatic carbocycles. The zero-order valence-corrected chi connectivity index (χ0v) is 17.5. The Bertz CT molecular complexity index is 725. The maximum atomic E-state index is 12.2. The van der Waals surface area contributed by atoms with Crippen LogP contribution in [0.2, 0.25) is 0 Å². The minimum Gasteiger partial charge on any atom is -0.478 e. The molecule has 1 aromatic rings. The molecule has 0 aliphatic heterocycles. The maximum absolute atomic E-state index is 12.2. The number of carboxylic acids is 2. The fraction of sp³-hybridized carbons (Fsp3) is 0.524. The predicted molar refractivity (Wildman–Crippen MR) is 107 cm³/mol. The molecule has 166 valence electrons. The monoisotopic (exact) mass is 423 g/mol. The van der Waals surface area contributed by atoms with Crippen molar-refractivity contribution < 1.29 is 38.9 Å². The average Bonchev–Trinajstić information content (AvgIpc) is 2.64. The van der Waals surface area contributed by atoms with Crippen molar-refractivity contribution in [3.8, 4) is 0 Å². The maximum Gasteiger partial charge on any atom is 0.407 e. The average molecular weight is 423 g/mol. The van der Waals surface area contributed by atoms with Gasteiger partial charge in [-0.25, -0.2) is 19.2 Å². The largest absolute Gasteiger partial charge is 0.478 e. The number of esters is 1. The second-order valence-electron chi connectivity index (χ2n) is 7.79. The van der Waals surface area contributed by atoms with Gasteiger partial charge in [-0.1, -0.05) is 31.0 Å². The van der Waals surface area contributed by atoms with Crippen LogP contribution in [0.5, 0.6) is 0 Å². The fourth-order valence-electron chi connectivity index (χ4n) is 2.59. The van der Waals surface area contributed by atoms with Gasteiger partial charge in [0.05, 0.1) is 5.56 Å². The lowest BCUT2D eigenvalue weighted by Gasteiger charge is -2.25. The van der Waals surface area contributed by atoms with Crippen LogP contribution in [-0.2, 0) is 19.1 Å². The van der Waals surface area contributed by atoms with Gasteiger partial charge >= 0.3 is 29.6 Å². The Labute approximate surface area is 175 Å². The number of hydrogen-bond donors (Lipinski definition) is 3. The van der Waals surface area contributed by atoms with Crippen molar-refractivity contribution in [1.82, 2.24) is 5.32 Å². The van der Waals surface area contributed by atoms with Crippen molar-refractivity contribution in [3.63, 3.8) is 0 Å². The van der Waals surface area contributed by atoms with E-state index < -0.39 is 35.2 Å². The van der Waals surface area contributed by atoms with Gasteiger partial charge in [-0.15, -0.1) is 0 Å². The first-order valence-corrected chi connectivity index (χ1v) is 9.70. The van der Waals surface area contributed by atoms with Crippen molar-refractivity contribution >= 4 is 24.0 Å². The molecule has 1 amide bonds. The molecule has 0 heterocycles. The van der Waals surface area contributed by atoms with E-state index in [9.17, 15) is 29.4 Å². The summed E-state index contributed by atoms with van der Waals surface area (Å²) in [5.74, 6) is -4.47. The summed E-state index contributed by atoms with van der Waals surface area (Å²) in [6, 6.07) is 7.61. The molecule has 0 saturated heterocycles. The summed E-state index contributed by atoms with van der Waals surface area (Å²) in [4.78, 5) is 47.1. The normalized spacial score (nSPS) is 11.4. The second-order valence-corrected chi connectivity index (χ2v) is 7.79. The van der Waals surface area contributed by atoms with E-state index in [2.05, 4.69) is 5.32 Å². The lowest BCUT2D eigenvalue weighted by atomic mass is 9.95. The molecule has 0 fully saturated rings. The molecule has 0 radical (unpaired) electrons. The molecule has 3 N–H and O–H groups in total. The summed E-state index contributed by atoms with van der Waals surface area (Å²) < 4.78 is 10.0. The third-order valence-corrected chi connectivity index (χ3v) is 4.09. The van der Waals surface area contributed by atoms with Crippen LogP contribution in [0.4, 0.5) is 4.79 Å². The number of nitrogens with one attached hydrogen (secondary N) is 1. The van der Waals surface area contributed by atoms with Crippen LogP contribution in [-0.4, -0.2) is 52.0 Å². The van der Waals surface area contributed by atoms with E-state index in [0.29, 0.717) is 25.8 Å². The molecule has 0 atom stereocenters. The Morgan fingerprint density at radius 2 is 1.43 bits per heavy atom. The fourth-order valence-corrected chi connectivity index (χ4v) is 2.59.